The number of morpholine rings is 1. The number of halogens is 2. The van der Waals surface area contributed by atoms with Crippen molar-refractivity contribution in [2.24, 2.45) is 5.92 Å². The Balaban J connectivity index is 1.63. The largest absolute Gasteiger partial charge is 0.423 e. The van der Waals surface area contributed by atoms with Crippen molar-refractivity contribution < 1.29 is 9.15 Å². The summed E-state index contributed by atoms with van der Waals surface area (Å²) in [6.45, 7) is 8.02. The van der Waals surface area contributed by atoms with Crippen molar-refractivity contribution in [1.82, 2.24) is 10.3 Å². The van der Waals surface area contributed by atoms with Crippen molar-refractivity contribution in [1.29, 1.82) is 0 Å². The van der Waals surface area contributed by atoms with E-state index in [0.29, 0.717) is 41.6 Å². The molecule has 0 saturated carbocycles. The Morgan fingerprint density at radius 1 is 1.03 bits per heavy atom. The topological polar surface area (TPSA) is 50.5 Å². The minimum Gasteiger partial charge on any atom is -0.423 e. The van der Waals surface area contributed by atoms with Crippen LogP contribution in [0.5, 0.6) is 0 Å². The predicted molar refractivity (Wildman–Crippen MR) is 130 cm³/mol. The fourth-order valence-corrected chi connectivity index (χ4v) is 4.20. The van der Waals surface area contributed by atoms with Crippen LogP contribution >= 0.6 is 23.2 Å². The summed E-state index contributed by atoms with van der Waals surface area (Å²) in [4.78, 5) is 7.22. The number of aromatic nitrogens is 1. The van der Waals surface area contributed by atoms with Gasteiger partial charge in [-0.2, -0.15) is 0 Å². The Morgan fingerprint density at radius 3 is 2.47 bits per heavy atom. The first-order valence-corrected chi connectivity index (χ1v) is 11.8. The van der Waals surface area contributed by atoms with E-state index in [1.54, 1.807) is 0 Å². The predicted octanol–water partition coefficient (Wildman–Crippen LogP) is 6.36. The monoisotopic (exact) mass is 473 g/mol. The first-order valence-electron chi connectivity index (χ1n) is 11.1. The van der Waals surface area contributed by atoms with Crippen LogP contribution in [0.25, 0.3) is 11.3 Å². The third-order valence-electron chi connectivity index (χ3n) is 5.51. The molecule has 1 unspecified atom stereocenters. The van der Waals surface area contributed by atoms with Crippen molar-refractivity contribution >= 4 is 29.1 Å². The van der Waals surface area contributed by atoms with Gasteiger partial charge in [0.2, 0.25) is 11.8 Å². The lowest BCUT2D eigenvalue weighted by Crippen LogP contribution is -2.36. The van der Waals surface area contributed by atoms with E-state index in [2.05, 4.69) is 36.2 Å². The molecular weight excluding hydrogens is 445 g/mol. The quantitative estimate of drug-likeness (QED) is 0.412. The second kappa shape index (κ2) is 10.7. The Labute approximate surface area is 199 Å². The zero-order valence-electron chi connectivity index (χ0n) is 18.5. The molecule has 1 N–H and O–H groups in total. The second-order valence-electron chi connectivity index (χ2n) is 8.48. The van der Waals surface area contributed by atoms with E-state index in [-0.39, 0.29) is 6.04 Å². The van der Waals surface area contributed by atoms with Crippen LogP contribution in [0.2, 0.25) is 10.0 Å². The van der Waals surface area contributed by atoms with E-state index in [9.17, 15) is 0 Å². The molecule has 7 heteroatoms. The highest BCUT2D eigenvalue weighted by atomic mass is 35.5. The molecule has 1 atom stereocenters. The second-order valence-corrected chi connectivity index (χ2v) is 9.30. The highest BCUT2D eigenvalue weighted by molar-refractivity contribution is 6.42. The van der Waals surface area contributed by atoms with E-state index in [4.69, 9.17) is 37.3 Å². The third kappa shape index (κ3) is 5.65. The average Bonchev–Trinajstić information content (AvgIpc) is 3.25. The van der Waals surface area contributed by atoms with Crippen LogP contribution in [0.3, 0.4) is 0 Å². The van der Waals surface area contributed by atoms with Crippen LogP contribution in [-0.4, -0.2) is 31.3 Å². The van der Waals surface area contributed by atoms with Gasteiger partial charge in [-0.3, -0.25) is 0 Å². The number of benzene rings is 2. The average molecular weight is 474 g/mol. The van der Waals surface area contributed by atoms with Crippen molar-refractivity contribution in [2.75, 3.05) is 31.2 Å². The van der Waals surface area contributed by atoms with Crippen LogP contribution in [-0.2, 0) is 11.3 Å². The van der Waals surface area contributed by atoms with Gasteiger partial charge in [0, 0.05) is 25.2 Å². The molecule has 32 heavy (non-hydrogen) atoms. The number of rotatable bonds is 8. The van der Waals surface area contributed by atoms with Crippen LogP contribution < -0.4 is 10.2 Å². The van der Waals surface area contributed by atoms with Gasteiger partial charge in [-0.05, 0) is 30.0 Å². The molecule has 1 aromatic heterocycles. The lowest BCUT2D eigenvalue weighted by atomic mass is 10.0. The molecule has 1 saturated heterocycles. The highest BCUT2D eigenvalue weighted by Crippen LogP contribution is 2.35. The van der Waals surface area contributed by atoms with Gasteiger partial charge in [0.15, 0.2) is 0 Å². The normalized spacial score (nSPS) is 15.3. The van der Waals surface area contributed by atoms with Crippen LogP contribution in [0.15, 0.2) is 52.9 Å². The molecule has 2 aromatic carbocycles. The fourth-order valence-electron chi connectivity index (χ4n) is 3.88. The zero-order valence-corrected chi connectivity index (χ0v) is 20.0. The summed E-state index contributed by atoms with van der Waals surface area (Å²) < 4.78 is 12.0. The number of nitrogens with one attached hydrogen (secondary N) is 1. The number of hydrogen-bond acceptors (Lipinski definition) is 5. The summed E-state index contributed by atoms with van der Waals surface area (Å²) in [7, 11) is 0. The van der Waals surface area contributed by atoms with Crippen LogP contribution in [0, 0.1) is 5.92 Å². The minimum absolute atomic E-state index is 0.0262. The molecule has 0 spiro atoms. The number of nitrogens with zero attached hydrogens (tertiary/aromatic N) is 2. The first-order chi connectivity index (χ1) is 15.5. The van der Waals surface area contributed by atoms with Gasteiger partial charge in [0.05, 0.1) is 29.3 Å². The van der Waals surface area contributed by atoms with E-state index in [1.165, 1.54) is 0 Å². The van der Waals surface area contributed by atoms with E-state index >= 15 is 0 Å². The summed E-state index contributed by atoms with van der Waals surface area (Å²) >= 11 is 12.3. The Bertz CT molecular complexity index is 1020. The molecule has 5 nitrogen and oxygen atoms in total. The van der Waals surface area contributed by atoms with Gasteiger partial charge in [-0.15, -0.1) is 0 Å². The van der Waals surface area contributed by atoms with Crippen molar-refractivity contribution in [3.8, 4) is 11.3 Å². The standard InChI is InChI=1S/C25H29Cl2N3O2/c1-17(2)14-22(28-16-18-8-9-20(26)21(27)15-18)24-29-23(19-6-4-3-5-7-19)25(32-24)30-10-12-31-13-11-30/h3-9,15,17,22,28H,10-14,16H2,1-2H3. The van der Waals surface area contributed by atoms with Crippen LogP contribution in [0.1, 0.15) is 37.8 Å². The Kier molecular flexibility index (Phi) is 7.74. The van der Waals surface area contributed by atoms with Crippen molar-refractivity contribution in [3.63, 3.8) is 0 Å². The zero-order chi connectivity index (χ0) is 22.5. The molecule has 1 aliphatic rings. The Hall–Kier alpha value is -2.05. The molecule has 170 valence electrons. The van der Waals surface area contributed by atoms with Crippen molar-refractivity contribution in [2.45, 2.75) is 32.9 Å². The first kappa shape index (κ1) is 23.1. The number of anilines is 1. The molecular formula is C25H29Cl2N3O2. The lowest BCUT2D eigenvalue weighted by molar-refractivity contribution is 0.120. The summed E-state index contributed by atoms with van der Waals surface area (Å²) in [5.74, 6) is 2.00. The summed E-state index contributed by atoms with van der Waals surface area (Å²) in [5, 5.41) is 4.74. The third-order valence-corrected chi connectivity index (χ3v) is 6.25. The smallest absolute Gasteiger partial charge is 0.224 e. The molecule has 4 rings (SSSR count). The van der Waals surface area contributed by atoms with E-state index in [1.807, 2.05) is 36.4 Å². The molecule has 1 fully saturated rings. The van der Waals surface area contributed by atoms with Gasteiger partial charge in [0.25, 0.3) is 0 Å². The highest BCUT2D eigenvalue weighted by Gasteiger charge is 2.26. The molecule has 1 aliphatic heterocycles. The van der Waals surface area contributed by atoms with Gasteiger partial charge < -0.3 is 19.4 Å². The number of oxazole rings is 1. The maximum absolute atomic E-state index is 6.45. The summed E-state index contributed by atoms with van der Waals surface area (Å²) in [6, 6.07) is 15.9. The van der Waals surface area contributed by atoms with Gasteiger partial charge >= 0.3 is 0 Å². The minimum atomic E-state index is -0.0262. The molecule has 0 amide bonds. The maximum Gasteiger partial charge on any atom is 0.224 e. The van der Waals surface area contributed by atoms with E-state index < -0.39 is 0 Å². The van der Waals surface area contributed by atoms with E-state index in [0.717, 1.165) is 42.2 Å². The molecule has 0 bridgehead atoms. The SMILES string of the molecule is CC(C)CC(NCc1ccc(Cl)c(Cl)c1)c1nc(-c2ccccc2)c(N2CCOCC2)o1. The lowest BCUT2D eigenvalue weighted by Gasteiger charge is -2.27. The van der Waals surface area contributed by atoms with Gasteiger partial charge in [0.1, 0.15) is 5.69 Å². The van der Waals surface area contributed by atoms with Crippen LogP contribution in [0.4, 0.5) is 5.88 Å². The molecule has 0 radical (unpaired) electrons. The summed E-state index contributed by atoms with van der Waals surface area (Å²) in [6.07, 6.45) is 0.901. The number of hydrogen-bond donors (Lipinski definition) is 1. The van der Waals surface area contributed by atoms with Gasteiger partial charge in [-0.1, -0.05) is 73.4 Å². The summed E-state index contributed by atoms with van der Waals surface area (Å²) in [5.41, 5.74) is 3.00. The Morgan fingerprint density at radius 2 is 1.78 bits per heavy atom. The van der Waals surface area contributed by atoms with Gasteiger partial charge in [-0.25, -0.2) is 4.98 Å². The molecule has 0 aliphatic carbocycles. The molecule has 3 aromatic rings. The molecule has 2 heterocycles. The number of ether oxygens (including phenoxy) is 1. The fraction of sp³-hybridized carbons (Fsp3) is 0.400. The van der Waals surface area contributed by atoms with Crippen molar-refractivity contribution in [3.05, 3.63) is 70.0 Å². The maximum atomic E-state index is 6.45.